The van der Waals surface area contributed by atoms with Gasteiger partial charge >= 0.3 is 0 Å². The van der Waals surface area contributed by atoms with Crippen LogP contribution in [0.15, 0.2) is 41.1 Å². The third-order valence-corrected chi connectivity index (χ3v) is 6.37. The van der Waals surface area contributed by atoms with Gasteiger partial charge in [0.25, 0.3) is 5.91 Å². The molecule has 2 aliphatic heterocycles. The van der Waals surface area contributed by atoms with E-state index in [-0.39, 0.29) is 17.7 Å². The van der Waals surface area contributed by atoms with Crippen molar-refractivity contribution < 1.29 is 14.0 Å². The first-order valence-corrected chi connectivity index (χ1v) is 10.1. The molecule has 0 saturated carbocycles. The van der Waals surface area contributed by atoms with Crippen molar-refractivity contribution in [2.45, 2.75) is 19.8 Å². The summed E-state index contributed by atoms with van der Waals surface area (Å²) in [5.74, 6) is 1.71. The molecule has 2 aromatic rings. The highest BCUT2D eigenvalue weighted by Gasteiger charge is 2.54. The third kappa shape index (κ3) is 3.39. The first-order chi connectivity index (χ1) is 13.9. The first kappa shape index (κ1) is 19.5. The number of nitrogens with zero attached hydrogens (tertiary/aromatic N) is 4. The lowest BCUT2D eigenvalue weighted by molar-refractivity contribution is -0.141. The van der Waals surface area contributed by atoms with E-state index in [9.17, 15) is 9.59 Å². The van der Waals surface area contributed by atoms with Crippen molar-refractivity contribution in [3.05, 3.63) is 48.0 Å². The maximum absolute atomic E-state index is 13.4. The van der Waals surface area contributed by atoms with Gasteiger partial charge in [0.05, 0.1) is 17.2 Å². The van der Waals surface area contributed by atoms with E-state index >= 15 is 0 Å². The molecule has 154 valence electrons. The quantitative estimate of drug-likeness (QED) is 0.797. The van der Waals surface area contributed by atoms with Crippen molar-refractivity contribution in [3.63, 3.8) is 0 Å². The molecule has 0 radical (unpaired) electrons. The van der Waals surface area contributed by atoms with Gasteiger partial charge in [-0.25, -0.2) is 4.98 Å². The average molecular weight is 396 g/mol. The van der Waals surface area contributed by atoms with Crippen LogP contribution >= 0.6 is 0 Å². The lowest BCUT2D eigenvalue weighted by Gasteiger charge is -2.34. The Hall–Kier alpha value is -2.83. The molecule has 7 nitrogen and oxygen atoms in total. The highest BCUT2D eigenvalue weighted by atomic mass is 16.3. The standard InChI is InChI=1S/C22H28N4O3/c1-16-18(8-12-29-16)20(27)25-11-6-9-22(21(28)24(2)3)15-26(14-17(22)13-25)19-7-4-5-10-23-19/h4-5,7-8,10,12,17H,6,9,11,13-15H2,1-3H3/t17-,22-/m0/s1. The SMILES string of the molecule is Cc1occc1C(=O)N1CCC[C@]2(C(=O)N(C)C)CN(c3ccccn3)C[C@@H]2C1. The molecule has 7 heteroatoms. The van der Waals surface area contributed by atoms with Crippen molar-refractivity contribution >= 4 is 17.6 Å². The second-order valence-corrected chi connectivity index (χ2v) is 8.37. The fourth-order valence-corrected chi connectivity index (χ4v) is 4.90. The molecular formula is C22H28N4O3. The number of amides is 2. The minimum absolute atomic E-state index is 0.0133. The smallest absolute Gasteiger partial charge is 0.257 e. The Morgan fingerprint density at radius 2 is 2.07 bits per heavy atom. The van der Waals surface area contributed by atoms with Gasteiger partial charge in [-0.15, -0.1) is 0 Å². The van der Waals surface area contributed by atoms with Crippen molar-refractivity contribution in [1.29, 1.82) is 0 Å². The number of anilines is 1. The highest BCUT2D eigenvalue weighted by Crippen LogP contribution is 2.45. The van der Waals surface area contributed by atoms with Crippen molar-refractivity contribution in [3.8, 4) is 0 Å². The van der Waals surface area contributed by atoms with Crippen LogP contribution in [0.4, 0.5) is 5.82 Å². The van der Waals surface area contributed by atoms with E-state index in [0.29, 0.717) is 37.5 Å². The van der Waals surface area contributed by atoms with Crippen LogP contribution in [-0.2, 0) is 4.79 Å². The fourth-order valence-electron chi connectivity index (χ4n) is 4.90. The summed E-state index contributed by atoms with van der Waals surface area (Å²) >= 11 is 0. The molecule has 0 bridgehead atoms. The summed E-state index contributed by atoms with van der Waals surface area (Å²) in [6, 6.07) is 7.58. The molecule has 0 N–H and O–H groups in total. The predicted molar refractivity (Wildman–Crippen MR) is 110 cm³/mol. The molecule has 2 aliphatic rings. The molecule has 0 aliphatic carbocycles. The van der Waals surface area contributed by atoms with Crippen molar-refractivity contribution in [2.75, 3.05) is 45.2 Å². The van der Waals surface area contributed by atoms with E-state index in [1.807, 2.05) is 44.1 Å². The summed E-state index contributed by atoms with van der Waals surface area (Å²) in [4.78, 5) is 36.8. The zero-order valence-electron chi connectivity index (χ0n) is 17.3. The van der Waals surface area contributed by atoms with E-state index in [4.69, 9.17) is 4.42 Å². The number of carbonyl (C=O) groups excluding carboxylic acids is 2. The summed E-state index contributed by atoms with van der Waals surface area (Å²) in [6.45, 7) is 4.38. The van der Waals surface area contributed by atoms with Crippen LogP contribution in [0, 0.1) is 18.3 Å². The number of hydrogen-bond acceptors (Lipinski definition) is 5. The van der Waals surface area contributed by atoms with Gasteiger partial charge in [-0.3, -0.25) is 9.59 Å². The van der Waals surface area contributed by atoms with Gasteiger partial charge in [0.15, 0.2) is 0 Å². The highest BCUT2D eigenvalue weighted by molar-refractivity contribution is 5.95. The number of rotatable bonds is 3. The van der Waals surface area contributed by atoms with Crippen LogP contribution in [0.3, 0.4) is 0 Å². The monoisotopic (exact) mass is 396 g/mol. The van der Waals surface area contributed by atoms with Gasteiger partial charge in [-0.05, 0) is 38.0 Å². The average Bonchev–Trinajstić information content (AvgIpc) is 3.26. The molecule has 2 fully saturated rings. The van der Waals surface area contributed by atoms with Crippen LogP contribution in [0.5, 0.6) is 0 Å². The van der Waals surface area contributed by atoms with Crippen LogP contribution in [-0.4, -0.2) is 66.9 Å². The second kappa shape index (κ2) is 7.54. The minimum atomic E-state index is -0.499. The lowest BCUT2D eigenvalue weighted by atomic mass is 9.74. The Morgan fingerprint density at radius 3 is 2.72 bits per heavy atom. The van der Waals surface area contributed by atoms with Gasteiger partial charge < -0.3 is 19.1 Å². The Kier molecular flexibility index (Phi) is 5.06. The fraction of sp³-hybridized carbons (Fsp3) is 0.500. The molecule has 2 amide bonds. The van der Waals surface area contributed by atoms with Gasteiger partial charge in [0.1, 0.15) is 11.6 Å². The Bertz CT molecular complexity index is 894. The largest absolute Gasteiger partial charge is 0.469 e. The van der Waals surface area contributed by atoms with Gasteiger partial charge in [0, 0.05) is 52.4 Å². The Labute approximate surface area is 171 Å². The molecule has 0 unspecified atom stereocenters. The van der Waals surface area contributed by atoms with Gasteiger partial charge in [-0.1, -0.05) is 6.07 Å². The summed E-state index contributed by atoms with van der Waals surface area (Å²) < 4.78 is 5.33. The number of likely N-dealkylation sites (tertiary alicyclic amines) is 1. The van der Waals surface area contributed by atoms with E-state index in [0.717, 1.165) is 18.7 Å². The molecule has 0 spiro atoms. The van der Waals surface area contributed by atoms with E-state index in [1.54, 1.807) is 23.4 Å². The summed E-state index contributed by atoms with van der Waals surface area (Å²) in [5.41, 5.74) is 0.109. The first-order valence-electron chi connectivity index (χ1n) is 10.1. The molecule has 2 aromatic heterocycles. The zero-order valence-corrected chi connectivity index (χ0v) is 17.3. The minimum Gasteiger partial charge on any atom is -0.469 e. The molecule has 29 heavy (non-hydrogen) atoms. The van der Waals surface area contributed by atoms with E-state index in [2.05, 4.69) is 9.88 Å². The number of aryl methyl sites for hydroxylation is 1. The van der Waals surface area contributed by atoms with Crippen LogP contribution in [0.2, 0.25) is 0 Å². The van der Waals surface area contributed by atoms with Gasteiger partial charge in [0.2, 0.25) is 5.91 Å². The zero-order chi connectivity index (χ0) is 20.6. The summed E-state index contributed by atoms with van der Waals surface area (Å²) in [7, 11) is 3.64. The molecule has 0 aromatic carbocycles. The number of pyridine rings is 1. The second-order valence-electron chi connectivity index (χ2n) is 8.37. The summed E-state index contributed by atoms with van der Waals surface area (Å²) in [5, 5.41) is 0. The molecule has 4 rings (SSSR count). The maximum Gasteiger partial charge on any atom is 0.257 e. The number of hydrogen-bond donors (Lipinski definition) is 0. The number of fused-ring (bicyclic) bond motifs is 1. The summed E-state index contributed by atoms with van der Waals surface area (Å²) in [6.07, 6.45) is 4.90. The van der Waals surface area contributed by atoms with Crippen molar-refractivity contribution in [2.24, 2.45) is 11.3 Å². The van der Waals surface area contributed by atoms with Crippen LogP contribution in [0.25, 0.3) is 0 Å². The molecule has 2 saturated heterocycles. The van der Waals surface area contributed by atoms with Gasteiger partial charge in [-0.2, -0.15) is 0 Å². The van der Waals surface area contributed by atoms with E-state index in [1.165, 1.54) is 0 Å². The Morgan fingerprint density at radius 1 is 1.24 bits per heavy atom. The maximum atomic E-state index is 13.4. The van der Waals surface area contributed by atoms with E-state index < -0.39 is 5.41 Å². The number of carbonyl (C=O) groups is 2. The van der Waals surface area contributed by atoms with Crippen molar-refractivity contribution in [1.82, 2.24) is 14.8 Å². The molecule has 4 heterocycles. The number of furan rings is 1. The van der Waals surface area contributed by atoms with Crippen LogP contribution < -0.4 is 4.90 Å². The lowest BCUT2D eigenvalue weighted by Crippen LogP contribution is -2.47. The third-order valence-electron chi connectivity index (χ3n) is 6.37. The molecule has 2 atom stereocenters. The topological polar surface area (TPSA) is 69.9 Å². The molecular weight excluding hydrogens is 368 g/mol. The van der Waals surface area contributed by atoms with Crippen LogP contribution in [0.1, 0.15) is 29.0 Å². The predicted octanol–water partition coefficient (Wildman–Crippen LogP) is 2.43. The Balaban J connectivity index is 1.65. The number of aromatic nitrogens is 1. The normalized spacial score (nSPS) is 24.2.